The third kappa shape index (κ3) is 4.33. The SMILES string of the molecule is CCCCCN1C(=O)/C(=C2\SC(=S)N(Cc3ccccc3Cl)C2=O)c2cc(Br)ccc21. The molecule has 0 radical (unpaired) electrons. The molecule has 0 atom stereocenters. The van der Waals surface area contributed by atoms with E-state index in [1.807, 2.05) is 36.4 Å². The van der Waals surface area contributed by atoms with Crippen LogP contribution in [0.25, 0.3) is 5.57 Å². The van der Waals surface area contributed by atoms with Gasteiger partial charge in [-0.25, -0.2) is 0 Å². The number of hydrogen-bond acceptors (Lipinski definition) is 4. The zero-order valence-corrected chi connectivity index (χ0v) is 20.8. The van der Waals surface area contributed by atoms with Crippen LogP contribution >= 0.6 is 51.5 Å². The number of amides is 2. The fraction of sp³-hybridized carbons (Fsp3) is 0.261. The number of anilines is 1. The van der Waals surface area contributed by atoms with E-state index in [9.17, 15) is 9.59 Å². The van der Waals surface area contributed by atoms with Crippen molar-refractivity contribution in [1.29, 1.82) is 0 Å². The number of thiocarbonyl (C=S) groups is 1. The van der Waals surface area contributed by atoms with Crippen molar-refractivity contribution in [3.63, 3.8) is 0 Å². The molecule has 0 saturated carbocycles. The first-order valence-electron chi connectivity index (χ1n) is 10.1. The van der Waals surface area contributed by atoms with Gasteiger partial charge in [0, 0.05) is 21.6 Å². The summed E-state index contributed by atoms with van der Waals surface area (Å²) in [6.45, 7) is 3.04. The second-order valence-electron chi connectivity index (χ2n) is 7.38. The molecule has 0 unspecified atom stereocenters. The molecule has 0 bridgehead atoms. The number of nitrogens with zero attached hydrogens (tertiary/aromatic N) is 2. The van der Waals surface area contributed by atoms with Gasteiger partial charge >= 0.3 is 0 Å². The van der Waals surface area contributed by atoms with E-state index in [1.165, 1.54) is 16.7 Å². The van der Waals surface area contributed by atoms with Crippen LogP contribution in [0.2, 0.25) is 5.02 Å². The summed E-state index contributed by atoms with van der Waals surface area (Å²) in [4.78, 5) is 30.5. The number of unbranched alkanes of at least 4 members (excludes halogenated alkanes) is 2. The van der Waals surface area contributed by atoms with E-state index >= 15 is 0 Å². The third-order valence-electron chi connectivity index (χ3n) is 5.33. The molecule has 2 aliphatic heterocycles. The van der Waals surface area contributed by atoms with E-state index in [0.717, 1.165) is 40.5 Å². The van der Waals surface area contributed by atoms with Crippen molar-refractivity contribution < 1.29 is 9.59 Å². The van der Waals surface area contributed by atoms with Gasteiger partial charge in [0.1, 0.15) is 4.32 Å². The standard InChI is InChI=1S/C23H20BrClN2O2S2/c1-2-3-6-11-26-18-10-9-15(24)12-16(18)19(21(26)28)20-22(29)27(23(30)31-20)13-14-7-4-5-8-17(14)25/h4-5,7-10,12H,2-3,6,11,13H2,1H3/b20-19-. The van der Waals surface area contributed by atoms with Crippen LogP contribution in [0.15, 0.2) is 51.8 Å². The lowest BCUT2D eigenvalue weighted by atomic mass is 10.1. The molecule has 2 aromatic carbocycles. The van der Waals surface area contributed by atoms with E-state index in [2.05, 4.69) is 22.9 Å². The Balaban J connectivity index is 1.72. The van der Waals surface area contributed by atoms with Crippen LogP contribution in [0.4, 0.5) is 5.69 Å². The van der Waals surface area contributed by atoms with Gasteiger partial charge in [-0.3, -0.25) is 14.5 Å². The van der Waals surface area contributed by atoms with Gasteiger partial charge in [-0.2, -0.15) is 0 Å². The van der Waals surface area contributed by atoms with Gasteiger partial charge in [0.05, 0.1) is 22.7 Å². The predicted molar refractivity (Wildman–Crippen MR) is 135 cm³/mol. The molecule has 0 spiro atoms. The van der Waals surface area contributed by atoms with Crippen molar-refractivity contribution in [2.24, 2.45) is 0 Å². The normalized spacial score (nSPS) is 18.4. The van der Waals surface area contributed by atoms with Gasteiger partial charge in [0.2, 0.25) is 0 Å². The highest BCUT2D eigenvalue weighted by Gasteiger charge is 2.42. The smallest absolute Gasteiger partial charge is 0.267 e. The van der Waals surface area contributed by atoms with Crippen LogP contribution < -0.4 is 4.90 Å². The minimum absolute atomic E-state index is 0.137. The fourth-order valence-corrected chi connectivity index (χ4v) is 5.63. The van der Waals surface area contributed by atoms with Crippen molar-refractivity contribution in [2.75, 3.05) is 11.4 Å². The highest BCUT2D eigenvalue weighted by atomic mass is 79.9. The molecule has 2 aliphatic rings. The van der Waals surface area contributed by atoms with Crippen LogP contribution in [-0.2, 0) is 16.1 Å². The summed E-state index contributed by atoms with van der Waals surface area (Å²) < 4.78 is 1.29. The van der Waals surface area contributed by atoms with E-state index < -0.39 is 0 Å². The highest BCUT2D eigenvalue weighted by Crippen LogP contribution is 2.45. The van der Waals surface area contributed by atoms with Crippen LogP contribution in [0, 0.1) is 0 Å². The maximum Gasteiger partial charge on any atom is 0.267 e. The van der Waals surface area contributed by atoms with Gasteiger partial charge in [0.25, 0.3) is 11.8 Å². The third-order valence-corrected chi connectivity index (χ3v) is 7.64. The van der Waals surface area contributed by atoms with E-state index in [0.29, 0.717) is 26.4 Å². The van der Waals surface area contributed by atoms with Gasteiger partial charge in [-0.05, 0) is 36.2 Å². The Bertz CT molecular complexity index is 1120. The maximum absolute atomic E-state index is 13.4. The average Bonchev–Trinajstić information content (AvgIpc) is 3.16. The number of carbonyl (C=O) groups excluding carboxylic acids is 2. The number of thioether (sulfide) groups is 1. The molecule has 2 aromatic rings. The number of benzene rings is 2. The lowest BCUT2D eigenvalue weighted by Gasteiger charge is -2.17. The second kappa shape index (κ2) is 9.45. The van der Waals surface area contributed by atoms with Crippen LogP contribution in [0.1, 0.15) is 37.3 Å². The number of carbonyl (C=O) groups is 2. The molecule has 2 heterocycles. The molecule has 1 saturated heterocycles. The van der Waals surface area contributed by atoms with Crippen LogP contribution in [0.5, 0.6) is 0 Å². The summed E-state index contributed by atoms with van der Waals surface area (Å²) in [5.41, 5.74) is 2.87. The molecule has 31 heavy (non-hydrogen) atoms. The highest BCUT2D eigenvalue weighted by molar-refractivity contribution is 9.10. The Hall–Kier alpha value is -1.67. The zero-order chi connectivity index (χ0) is 22.1. The number of halogens is 2. The van der Waals surface area contributed by atoms with Gasteiger partial charge in [-0.1, -0.05) is 89.5 Å². The predicted octanol–water partition coefficient (Wildman–Crippen LogP) is 6.41. The fourth-order valence-electron chi connectivity index (χ4n) is 3.75. The first kappa shape index (κ1) is 22.5. The summed E-state index contributed by atoms with van der Waals surface area (Å²) in [7, 11) is 0. The lowest BCUT2D eigenvalue weighted by molar-refractivity contribution is -0.122. The summed E-state index contributed by atoms with van der Waals surface area (Å²) in [5, 5.41) is 0.581. The summed E-state index contributed by atoms with van der Waals surface area (Å²) >= 11 is 16.5. The average molecular weight is 536 g/mol. The van der Waals surface area contributed by atoms with Gasteiger partial charge < -0.3 is 4.90 Å². The number of fused-ring (bicyclic) bond motifs is 1. The lowest BCUT2D eigenvalue weighted by Crippen LogP contribution is -2.29. The molecule has 1 fully saturated rings. The first-order valence-corrected chi connectivity index (χ1v) is 12.4. The minimum Gasteiger partial charge on any atom is -0.308 e. The molecule has 8 heteroatoms. The zero-order valence-electron chi connectivity index (χ0n) is 16.9. The number of rotatable bonds is 6. The Kier molecular flexibility index (Phi) is 6.86. The van der Waals surface area contributed by atoms with Crippen molar-refractivity contribution >= 4 is 78.9 Å². The van der Waals surface area contributed by atoms with Crippen molar-refractivity contribution in [3.05, 3.63) is 68.0 Å². The molecule has 4 rings (SSSR count). The molecule has 0 N–H and O–H groups in total. The maximum atomic E-state index is 13.4. The molecular formula is C23H20BrClN2O2S2. The largest absolute Gasteiger partial charge is 0.308 e. The Morgan fingerprint density at radius 2 is 1.84 bits per heavy atom. The summed E-state index contributed by atoms with van der Waals surface area (Å²) in [6, 6.07) is 13.1. The monoisotopic (exact) mass is 534 g/mol. The molecule has 0 aliphatic carbocycles. The van der Waals surface area contributed by atoms with Gasteiger partial charge in [-0.15, -0.1) is 0 Å². The first-order chi connectivity index (χ1) is 14.9. The Morgan fingerprint density at radius 3 is 2.58 bits per heavy atom. The molecular weight excluding hydrogens is 516 g/mol. The topological polar surface area (TPSA) is 40.6 Å². The number of hydrogen-bond donors (Lipinski definition) is 0. The van der Waals surface area contributed by atoms with Gasteiger partial charge in [0.15, 0.2) is 0 Å². The quantitative estimate of drug-likeness (QED) is 0.243. The van der Waals surface area contributed by atoms with Crippen molar-refractivity contribution in [2.45, 2.75) is 32.7 Å². The molecule has 4 nitrogen and oxygen atoms in total. The molecule has 160 valence electrons. The van der Waals surface area contributed by atoms with Crippen molar-refractivity contribution in [3.8, 4) is 0 Å². The Labute approximate surface area is 204 Å². The minimum atomic E-state index is -0.250. The van der Waals surface area contributed by atoms with Crippen LogP contribution in [-0.4, -0.2) is 27.6 Å². The van der Waals surface area contributed by atoms with Crippen molar-refractivity contribution in [1.82, 2.24) is 4.90 Å². The summed E-state index contributed by atoms with van der Waals surface area (Å²) in [6.07, 6.45) is 3.03. The summed E-state index contributed by atoms with van der Waals surface area (Å²) in [5.74, 6) is -0.387. The van der Waals surface area contributed by atoms with Crippen LogP contribution in [0.3, 0.4) is 0 Å². The molecule has 0 aromatic heterocycles. The van der Waals surface area contributed by atoms with E-state index in [-0.39, 0.29) is 18.4 Å². The van der Waals surface area contributed by atoms with E-state index in [4.69, 9.17) is 23.8 Å². The molecule has 2 amide bonds. The Morgan fingerprint density at radius 1 is 1.06 bits per heavy atom. The second-order valence-corrected chi connectivity index (χ2v) is 10.3. The van der Waals surface area contributed by atoms with E-state index in [1.54, 1.807) is 11.0 Å².